The number of carboxylic acids is 1. The van der Waals surface area contributed by atoms with Gasteiger partial charge in [0.25, 0.3) is 0 Å². The Morgan fingerprint density at radius 1 is 0.839 bits per heavy atom. The fourth-order valence-electron chi connectivity index (χ4n) is 3.06. The number of aliphatic hydroxyl groups excluding tert-OH is 3. The van der Waals surface area contributed by atoms with Gasteiger partial charge in [0.15, 0.2) is 6.10 Å². The van der Waals surface area contributed by atoms with E-state index in [4.69, 9.17) is 24.1 Å². The van der Waals surface area contributed by atoms with Crippen LogP contribution in [-0.4, -0.2) is 71.3 Å². The zero-order valence-corrected chi connectivity index (χ0v) is 16.9. The molecule has 31 heavy (non-hydrogen) atoms. The van der Waals surface area contributed by atoms with Crippen molar-refractivity contribution in [3.8, 4) is 17.2 Å². The molecule has 1 aliphatic rings. The molecule has 0 amide bonds. The molecule has 1 unspecified atom stereocenters. The van der Waals surface area contributed by atoms with Gasteiger partial charge in [0.05, 0.1) is 14.2 Å². The Balaban J connectivity index is 1.69. The molecule has 0 bridgehead atoms. The SMILES string of the molecule is COc1cc(/C=C/c2ccc(OC3O[C@H](C(=O)O)[C@@H](O)[C@H](O)[C@H]3O)cc2)cc(OC)c1. The van der Waals surface area contributed by atoms with Crippen molar-refractivity contribution in [1.82, 2.24) is 0 Å². The lowest BCUT2D eigenvalue weighted by Gasteiger charge is -2.38. The van der Waals surface area contributed by atoms with Crippen molar-refractivity contribution in [2.45, 2.75) is 30.7 Å². The summed E-state index contributed by atoms with van der Waals surface area (Å²) in [5.74, 6) is 0.153. The zero-order chi connectivity index (χ0) is 22.5. The van der Waals surface area contributed by atoms with Crippen LogP contribution in [0.3, 0.4) is 0 Å². The van der Waals surface area contributed by atoms with Crippen LogP contribution in [-0.2, 0) is 9.53 Å². The summed E-state index contributed by atoms with van der Waals surface area (Å²) in [4.78, 5) is 11.2. The summed E-state index contributed by atoms with van der Waals surface area (Å²) in [6.07, 6.45) is -4.53. The molecular weight excluding hydrogens is 408 g/mol. The third-order valence-corrected chi connectivity index (χ3v) is 4.79. The number of hydrogen-bond donors (Lipinski definition) is 4. The van der Waals surface area contributed by atoms with Crippen LogP contribution in [0, 0.1) is 0 Å². The van der Waals surface area contributed by atoms with Gasteiger partial charge >= 0.3 is 5.97 Å². The molecule has 0 radical (unpaired) electrons. The Bertz CT molecular complexity index is 903. The fourth-order valence-corrected chi connectivity index (χ4v) is 3.06. The summed E-state index contributed by atoms with van der Waals surface area (Å²) in [5, 5.41) is 38.7. The average Bonchev–Trinajstić information content (AvgIpc) is 2.78. The summed E-state index contributed by atoms with van der Waals surface area (Å²) in [6.45, 7) is 0. The van der Waals surface area contributed by atoms with E-state index >= 15 is 0 Å². The van der Waals surface area contributed by atoms with Crippen molar-refractivity contribution in [1.29, 1.82) is 0 Å². The Hall–Kier alpha value is -3.11. The molecule has 4 N–H and O–H groups in total. The van der Waals surface area contributed by atoms with Gasteiger partial charge in [-0.25, -0.2) is 4.79 Å². The van der Waals surface area contributed by atoms with Gasteiger partial charge in [-0.2, -0.15) is 0 Å². The van der Waals surface area contributed by atoms with Crippen LogP contribution >= 0.6 is 0 Å². The highest BCUT2D eigenvalue weighted by Crippen LogP contribution is 2.26. The number of aliphatic hydroxyl groups is 3. The van der Waals surface area contributed by atoms with E-state index in [1.807, 2.05) is 24.3 Å². The van der Waals surface area contributed by atoms with Gasteiger partial charge in [-0.3, -0.25) is 0 Å². The Labute approximate surface area is 178 Å². The first-order valence-corrected chi connectivity index (χ1v) is 9.42. The third kappa shape index (κ3) is 5.33. The lowest BCUT2D eigenvalue weighted by molar-refractivity contribution is -0.271. The number of methoxy groups -OCH3 is 2. The summed E-state index contributed by atoms with van der Waals surface area (Å²) in [5.41, 5.74) is 1.72. The number of carboxylic acid groups (broad SMARTS) is 1. The number of benzene rings is 2. The van der Waals surface area contributed by atoms with Crippen LogP contribution in [0.15, 0.2) is 42.5 Å². The van der Waals surface area contributed by atoms with Gasteiger partial charge in [-0.1, -0.05) is 24.3 Å². The molecule has 166 valence electrons. The molecule has 0 aliphatic carbocycles. The van der Waals surface area contributed by atoms with Crippen molar-refractivity contribution >= 4 is 18.1 Å². The first-order valence-electron chi connectivity index (χ1n) is 9.42. The summed E-state index contributed by atoms with van der Waals surface area (Å²) in [6, 6.07) is 12.2. The number of carbonyl (C=O) groups is 1. The van der Waals surface area contributed by atoms with E-state index in [1.165, 1.54) is 0 Å². The second kappa shape index (κ2) is 9.80. The quantitative estimate of drug-likeness (QED) is 0.475. The van der Waals surface area contributed by atoms with Gasteiger partial charge in [0, 0.05) is 6.07 Å². The van der Waals surface area contributed by atoms with Crippen molar-refractivity contribution in [2.75, 3.05) is 14.2 Å². The highest BCUT2D eigenvalue weighted by atomic mass is 16.7. The molecule has 9 heteroatoms. The lowest BCUT2D eigenvalue weighted by atomic mass is 9.99. The van der Waals surface area contributed by atoms with Gasteiger partial charge in [-0.05, 0) is 35.4 Å². The number of aliphatic carboxylic acids is 1. The van der Waals surface area contributed by atoms with E-state index in [0.717, 1.165) is 11.1 Å². The second-order valence-electron chi connectivity index (χ2n) is 6.90. The molecule has 0 saturated carbocycles. The maximum absolute atomic E-state index is 11.2. The molecule has 1 aliphatic heterocycles. The molecular formula is C22H24O9. The summed E-state index contributed by atoms with van der Waals surface area (Å²) >= 11 is 0. The van der Waals surface area contributed by atoms with Gasteiger partial charge in [0.1, 0.15) is 35.6 Å². The number of hydrogen-bond acceptors (Lipinski definition) is 8. The zero-order valence-electron chi connectivity index (χ0n) is 16.9. The monoisotopic (exact) mass is 432 g/mol. The molecule has 0 spiro atoms. The van der Waals surface area contributed by atoms with Gasteiger partial charge in [0.2, 0.25) is 6.29 Å². The maximum atomic E-state index is 11.2. The lowest BCUT2D eigenvalue weighted by Crippen LogP contribution is -2.61. The van der Waals surface area contributed by atoms with Crippen molar-refractivity contribution < 1.29 is 44.2 Å². The highest BCUT2D eigenvalue weighted by molar-refractivity contribution is 5.73. The highest BCUT2D eigenvalue weighted by Gasteiger charge is 2.48. The average molecular weight is 432 g/mol. The minimum absolute atomic E-state index is 0.289. The van der Waals surface area contributed by atoms with Crippen molar-refractivity contribution in [2.24, 2.45) is 0 Å². The normalized spacial score (nSPS) is 25.9. The van der Waals surface area contributed by atoms with Crippen molar-refractivity contribution in [3.63, 3.8) is 0 Å². The van der Waals surface area contributed by atoms with Crippen LogP contribution in [0.1, 0.15) is 11.1 Å². The van der Waals surface area contributed by atoms with E-state index in [9.17, 15) is 20.1 Å². The third-order valence-electron chi connectivity index (χ3n) is 4.79. The number of rotatable bonds is 7. The maximum Gasteiger partial charge on any atom is 0.335 e. The molecule has 9 nitrogen and oxygen atoms in total. The van der Waals surface area contributed by atoms with Crippen LogP contribution < -0.4 is 14.2 Å². The fraction of sp³-hybridized carbons (Fsp3) is 0.318. The molecule has 2 aromatic carbocycles. The standard InChI is InChI=1S/C22H24O9/c1-28-15-9-13(10-16(11-15)29-2)4-3-12-5-7-14(8-6-12)30-22-19(25)17(23)18(24)20(31-22)21(26)27/h3-11,17-20,22-25H,1-2H3,(H,26,27)/b4-3+/t17-,18-,19+,20-,22?/m0/s1. The van der Waals surface area contributed by atoms with E-state index in [0.29, 0.717) is 11.5 Å². The Kier molecular flexibility index (Phi) is 7.13. The van der Waals surface area contributed by atoms with Crippen molar-refractivity contribution in [3.05, 3.63) is 53.6 Å². The molecule has 1 heterocycles. The molecule has 3 rings (SSSR count). The second-order valence-corrected chi connectivity index (χ2v) is 6.90. The summed E-state index contributed by atoms with van der Waals surface area (Å²) in [7, 11) is 3.15. The van der Waals surface area contributed by atoms with Crippen LogP contribution in [0.4, 0.5) is 0 Å². The summed E-state index contributed by atoms with van der Waals surface area (Å²) < 4.78 is 21.1. The van der Waals surface area contributed by atoms with E-state index in [2.05, 4.69) is 0 Å². The minimum Gasteiger partial charge on any atom is -0.497 e. The van der Waals surface area contributed by atoms with E-state index < -0.39 is 36.7 Å². The predicted molar refractivity (Wildman–Crippen MR) is 110 cm³/mol. The molecule has 1 fully saturated rings. The van der Waals surface area contributed by atoms with Gasteiger partial charge in [-0.15, -0.1) is 0 Å². The van der Waals surface area contributed by atoms with E-state index in [1.54, 1.807) is 44.6 Å². The Morgan fingerprint density at radius 2 is 1.42 bits per heavy atom. The minimum atomic E-state index is -1.77. The molecule has 0 aromatic heterocycles. The van der Waals surface area contributed by atoms with Crippen LogP contribution in [0.5, 0.6) is 17.2 Å². The first kappa shape index (κ1) is 22.6. The smallest absolute Gasteiger partial charge is 0.335 e. The Morgan fingerprint density at radius 3 is 1.97 bits per heavy atom. The topological polar surface area (TPSA) is 135 Å². The largest absolute Gasteiger partial charge is 0.497 e. The van der Waals surface area contributed by atoms with E-state index in [-0.39, 0.29) is 5.75 Å². The number of ether oxygens (including phenoxy) is 4. The predicted octanol–water partition coefficient (Wildman–Crippen LogP) is 1.15. The first-order chi connectivity index (χ1) is 14.8. The van der Waals surface area contributed by atoms with Crippen LogP contribution in [0.25, 0.3) is 12.2 Å². The van der Waals surface area contributed by atoms with Gasteiger partial charge < -0.3 is 39.4 Å². The molecule has 2 aromatic rings. The molecule has 1 saturated heterocycles. The molecule has 5 atom stereocenters. The van der Waals surface area contributed by atoms with Crippen LogP contribution in [0.2, 0.25) is 0 Å².